The highest BCUT2D eigenvalue weighted by atomic mass is 19.1. The van der Waals surface area contributed by atoms with Gasteiger partial charge in [0.1, 0.15) is 5.75 Å². The molecule has 0 fully saturated rings. The van der Waals surface area contributed by atoms with Crippen LogP contribution in [-0.4, -0.2) is 26.5 Å². The Bertz CT molecular complexity index is 378. The van der Waals surface area contributed by atoms with Crippen LogP contribution in [0.3, 0.4) is 0 Å². The summed E-state index contributed by atoms with van der Waals surface area (Å²) < 4.78 is 17.0. The van der Waals surface area contributed by atoms with Crippen molar-refractivity contribution < 1.29 is 9.13 Å². The van der Waals surface area contributed by atoms with E-state index in [2.05, 4.69) is 4.99 Å². The number of hydrogen-bond donors (Lipinski definition) is 1. The fourth-order valence-electron chi connectivity index (χ4n) is 1.38. The van der Waals surface area contributed by atoms with Crippen LogP contribution in [0.2, 0.25) is 0 Å². The number of aryl methyl sites for hydroxylation is 1. The summed E-state index contributed by atoms with van der Waals surface area (Å²) in [5.74, 6) is 0.645. The van der Waals surface area contributed by atoms with Crippen molar-refractivity contribution in [3.63, 3.8) is 0 Å². The van der Waals surface area contributed by atoms with Gasteiger partial charge in [0.25, 0.3) is 0 Å². The van der Waals surface area contributed by atoms with Gasteiger partial charge in [-0.2, -0.15) is 0 Å². The van der Waals surface area contributed by atoms with Gasteiger partial charge in [0, 0.05) is 18.3 Å². The molecule has 0 amide bonds. The molecule has 0 saturated heterocycles. The lowest BCUT2D eigenvalue weighted by Crippen LogP contribution is -1.99. The second-order valence-corrected chi connectivity index (χ2v) is 3.55. The summed E-state index contributed by atoms with van der Waals surface area (Å²) in [4.78, 5) is 4.11. The van der Waals surface area contributed by atoms with Crippen molar-refractivity contribution in [2.45, 2.75) is 13.3 Å². The van der Waals surface area contributed by atoms with Crippen molar-refractivity contribution in [2.75, 3.05) is 26.1 Å². The van der Waals surface area contributed by atoms with Crippen molar-refractivity contribution in [3.8, 4) is 5.75 Å². The van der Waals surface area contributed by atoms with Crippen LogP contribution in [0.15, 0.2) is 17.1 Å². The Balaban J connectivity index is 2.86. The monoisotopic (exact) mass is 224 g/mol. The molecule has 16 heavy (non-hydrogen) atoms. The Hall–Kier alpha value is -1.58. The summed E-state index contributed by atoms with van der Waals surface area (Å²) in [6, 6.07) is 3.80. The normalized spacial score (nSPS) is 10.9. The van der Waals surface area contributed by atoms with E-state index in [1.165, 1.54) is 0 Å². The number of alkyl halides is 1. The first-order chi connectivity index (χ1) is 7.69. The predicted octanol–water partition coefficient (Wildman–Crippen LogP) is 2.36. The van der Waals surface area contributed by atoms with E-state index in [9.17, 15) is 4.39 Å². The van der Waals surface area contributed by atoms with E-state index in [4.69, 9.17) is 10.5 Å². The third kappa shape index (κ3) is 3.22. The molecule has 0 atom stereocenters. The molecule has 4 heteroatoms. The Labute approximate surface area is 95.1 Å². The van der Waals surface area contributed by atoms with Crippen LogP contribution in [0.25, 0.3) is 0 Å². The molecule has 0 heterocycles. The molecule has 0 aromatic heterocycles. The summed E-state index contributed by atoms with van der Waals surface area (Å²) in [6.07, 6.45) is 2.11. The lowest BCUT2D eigenvalue weighted by molar-refractivity contribution is 0.416. The molecule has 2 N–H and O–H groups in total. The van der Waals surface area contributed by atoms with Crippen LogP contribution in [0, 0.1) is 6.92 Å². The lowest BCUT2D eigenvalue weighted by atomic mass is 10.1. The average molecular weight is 224 g/mol. The third-order valence-electron chi connectivity index (χ3n) is 2.19. The van der Waals surface area contributed by atoms with Crippen LogP contribution in [-0.2, 0) is 0 Å². The molecule has 1 rings (SSSR count). The largest absolute Gasteiger partial charge is 0.495 e. The van der Waals surface area contributed by atoms with E-state index in [1.807, 2.05) is 19.1 Å². The van der Waals surface area contributed by atoms with Crippen molar-refractivity contribution in [1.82, 2.24) is 0 Å². The lowest BCUT2D eigenvalue weighted by Gasteiger charge is -2.08. The highest BCUT2D eigenvalue weighted by molar-refractivity contribution is 5.89. The molecular weight excluding hydrogens is 207 g/mol. The highest BCUT2D eigenvalue weighted by Gasteiger charge is 2.04. The SMILES string of the molecule is COc1cc(C)cc(C=NCCCF)c1N. The van der Waals surface area contributed by atoms with Crippen molar-refractivity contribution in [3.05, 3.63) is 23.3 Å². The molecule has 0 radical (unpaired) electrons. The van der Waals surface area contributed by atoms with Gasteiger partial charge in [-0.25, -0.2) is 0 Å². The second kappa shape index (κ2) is 6.10. The Kier molecular flexibility index (Phi) is 4.76. The van der Waals surface area contributed by atoms with Gasteiger partial charge >= 0.3 is 0 Å². The van der Waals surface area contributed by atoms with Gasteiger partial charge in [-0.1, -0.05) is 0 Å². The molecule has 0 aliphatic carbocycles. The van der Waals surface area contributed by atoms with Gasteiger partial charge in [0.2, 0.25) is 0 Å². The van der Waals surface area contributed by atoms with E-state index in [0.717, 1.165) is 11.1 Å². The number of rotatable bonds is 5. The van der Waals surface area contributed by atoms with Crippen LogP contribution >= 0.6 is 0 Å². The first kappa shape index (κ1) is 12.5. The maximum Gasteiger partial charge on any atom is 0.142 e. The quantitative estimate of drug-likeness (QED) is 0.474. The molecule has 3 nitrogen and oxygen atoms in total. The summed E-state index contributed by atoms with van der Waals surface area (Å²) in [7, 11) is 1.58. The van der Waals surface area contributed by atoms with E-state index in [-0.39, 0.29) is 6.67 Å². The average Bonchev–Trinajstić information content (AvgIpc) is 2.28. The maximum atomic E-state index is 11.9. The van der Waals surface area contributed by atoms with Gasteiger partial charge in [0.15, 0.2) is 0 Å². The number of aliphatic imine (C=N–C) groups is 1. The minimum Gasteiger partial charge on any atom is -0.495 e. The number of benzene rings is 1. The summed E-state index contributed by atoms with van der Waals surface area (Å²) in [5, 5.41) is 0. The van der Waals surface area contributed by atoms with Gasteiger partial charge in [-0.05, 0) is 31.0 Å². The van der Waals surface area contributed by atoms with Gasteiger partial charge in [0.05, 0.1) is 19.5 Å². The predicted molar refractivity (Wildman–Crippen MR) is 65.2 cm³/mol. The third-order valence-corrected chi connectivity index (χ3v) is 2.19. The molecule has 88 valence electrons. The van der Waals surface area contributed by atoms with Crippen LogP contribution in [0.5, 0.6) is 5.75 Å². The summed E-state index contributed by atoms with van der Waals surface area (Å²) >= 11 is 0. The summed E-state index contributed by atoms with van der Waals surface area (Å²) in [6.45, 7) is 2.09. The van der Waals surface area contributed by atoms with Gasteiger partial charge < -0.3 is 10.5 Å². The van der Waals surface area contributed by atoms with Gasteiger partial charge in [-0.15, -0.1) is 0 Å². The zero-order valence-corrected chi connectivity index (χ0v) is 9.66. The number of nitrogen functional groups attached to an aromatic ring is 1. The molecule has 0 aliphatic rings. The van der Waals surface area contributed by atoms with Gasteiger partial charge in [-0.3, -0.25) is 9.38 Å². The van der Waals surface area contributed by atoms with Crippen molar-refractivity contribution in [2.24, 2.45) is 4.99 Å². The molecule has 0 unspecified atom stereocenters. The van der Waals surface area contributed by atoms with E-state index in [1.54, 1.807) is 13.3 Å². The number of ether oxygens (including phenoxy) is 1. The van der Waals surface area contributed by atoms with E-state index >= 15 is 0 Å². The number of halogens is 1. The van der Waals surface area contributed by atoms with E-state index in [0.29, 0.717) is 24.4 Å². The van der Waals surface area contributed by atoms with Crippen LogP contribution in [0.4, 0.5) is 10.1 Å². The minimum atomic E-state index is -0.343. The fraction of sp³-hybridized carbons (Fsp3) is 0.417. The first-order valence-electron chi connectivity index (χ1n) is 5.19. The fourth-order valence-corrected chi connectivity index (χ4v) is 1.38. The second-order valence-electron chi connectivity index (χ2n) is 3.55. The zero-order chi connectivity index (χ0) is 12.0. The highest BCUT2D eigenvalue weighted by Crippen LogP contribution is 2.25. The Morgan fingerprint density at radius 3 is 2.88 bits per heavy atom. The Morgan fingerprint density at radius 1 is 1.50 bits per heavy atom. The number of methoxy groups -OCH3 is 1. The number of anilines is 1. The maximum absolute atomic E-state index is 11.9. The standard InChI is InChI=1S/C12H17FN2O/c1-9-6-10(8-15-5-3-4-13)12(14)11(7-9)16-2/h6-8H,3-5,14H2,1-2H3. The minimum absolute atomic E-state index is 0.343. The number of nitrogens with zero attached hydrogens (tertiary/aromatic N) is 1. The van der Waals surface area contributed by atoms with Crippen molar-refractivity contribution in [1.29, 1.82) is 0 Å². The van der Waals surface area contributed by atoms with E-state index < -0.39 is 0 Å². The molecule has 0 bridgehead atoms. The van der Waals surface area contributed by atoms with Crippen molar-refractivity contribution >= 4 is 11.9 Å². The molecule has 1 aromatic rings. The zero-order valence-electron chi connectivity index (χ0n) is 9.66. The topological polar surface area (TPSA) is 47.6 Å². The number of nitrogens with two attached hydrogens (primary N) is 1. The molecule has 0 aliphatic heterocycles. The molecule has 1 aromatic carbocycles. The summed E-state index contributed by atoms with van der Waals surface area (Å²) in [5.41, 5.74) is 8.32. The van der Waals surface area contributed by atoms with Crippen LogP contribution < -0.4 is 10.5 Å². The molecule has 0 saturated carbocycles. The Morgan fingerprint density at radius 2 is 2.25 bits per heavy atom. The number of hydrogen-bond acceptors (Lipinski definition) is 3. The van der Waals surface area contributed by atoms with Crippen LogP contribution in [0.1, 0.15) is 17.5 Å². The molecule has 0 spiro atoms. The smallest absolute Gasteiger partial charge is 0.142 e. The first-order valence-corrected chi connectivity index (χ1v) is 5.19. The molecular formula is C12H17FN2O.